The summed E-state index contributed by atoms with van der Waals surface area (Å²) in [5, 5.41) is 7.74. The number of hydrogen-bond donors (Lipinski definition) is 2. The van der Waals surface area contributed by atoms with Crippen LogP contribution in [0.1, 0.15) is 36.5 Å². The summed E-state index contributed by atoms with van der Waals surface area (Å²) >= 11 is 0. The number of carbonyl (C=O) groups excluding carboxylic acids is 3. The van der Waals surface area contributed by atoms with Crippen molar-refractivity contribution in [3.8, 4) is 0 Å². The van der Waals surface area contributed by atoms with E-state index in [9.17, 15) is 14.4 Å². The molecule has 0 bridgehead atoms. The standard InChI is InChI=1S/C26H25N3O3/c1-26(20-14-13-17-7-2-3-9-19(17)15-20)24(31)29(25(32)28-26)16-23(30)27-22-12-6-10-18-8-4-5-11-21(18)22/h2-3,6-7,9-10,12-15H,4-5,8,11,16H2,1H3,(H,27,30)(H,28,32). The molecule has 1 saturated heterocycles. The van der Waals surface area contributed by atoms with Gasteiger partial charge in [0.25, 0.3) is 5.91 Å². The molecule has 1 aliphatic carbocycles. The predicted molar refractivity (Wildman–Crippen MR) is 123 cm³/mol. The van der Waals surface area contributed by atoms with Crippen molar-refractivity contribution in [3.63, 3.8) is 0 Å². The average Bonchev–Trinajstić information content (AvgIpc) is 3.03. The first-order valence-electron chi connectivity index (χ1n) is 11.0. The first kappa shape index (κ1) is 20.2. The van der Waals surface area contributed by atoms with Crippen molar-refractivity contribution < 1.29 is 14.4 Å². The Morgan fingerprint density at radius 3 is 2.62 bits per heavy atom. The van der Waals surface area contributed by atoms with Crippen LogP contribution in [-0.4, -0.2) is 29.3 Å². The lowest BCUT2D eigenvalue weighted by Crippen LogP contribution is -2.42. The predicted octanol–water partition coefficient (Wildman–Crippen LogP) is 4.12. The van der Waals surface area contributed by atoms with Gasteiger partial charge in [0.15, 0.2) is 0 Å². The van der Waals surface area contributed by atoms with Crippen LogP contribution in [0.4, 0.5) is 10.5 Å². The van der Waals surface area contributed by atoms with Gasteiger partial charge in [-0.1, -0.05) is 48.5 Å². The number of fused-ring (bicyclic) bond motifs is 2. The van der Waals surface area contributed by atoms with E-state index in [0.29, 0.717) is 5.56 Å². The van der Waals surface area contributed by atoms with Crippen molar-refractivity contribution in [2.24, 2.45) is 0 Å². The highest BCUT2D eigenvalue weighted by molar-refractivity contribution is 6.10. The number of anilines is 1. The molecule has 6 heteroatoms. The van der Waals surface area contributed by atoms with E-state index in [1.807, 2.05) is 54.6 Å². The quantitative estimate of drug-likeness (QED) is 0.615. The summed E-state index contributed by atoms with van der Waals surface area (Å²) in [6, 6.07) is 18.9. The van der Waals surface area contributed by atoms with Gasteiger partial charge in [-0.2, -0.15) is 0 Å². The molecule has 162 valence electrons. The fourth-order valence-corrected chi connectivity index (χ4v) is 4.77. The van der Waals surface area contributed by atoms with Crippen molar-refractivity contribution in [3.05, 3.63) is 77.4 Å². The van der Waals surface area contributed by atoms with E-state index in [-0.39, 0.29) is 12.5 Å². The number of nitrogens with one attached hydrogen (secondary N) is 2. The second-order valence-electron chi connectivity index (χ2n) is 8.71. The van der Waals surface area contributed by atoms with E-state index >= 15 is 0 Å². The first-order valence-corrected chi connectivity index (χ1v) is 11.0. The second kappa shape index (κ2) is 7.79. The Balaban J connectivity index is 1.35. The normalized spacial score (nSPS) is 20.2. The molecule has 2 aliphatic rings. The van der Waals surface area contributed by atoms with E-state index < -0.39 is 17.5 Å². The van der Waals surface area contributed by atoms with Gasteiger partial charge in [0.1, 0.15) is 12.1 Å². The number of amides is 4. The molecule has 4 amide bonds. The molecule has 1 heterocycles. The van der Waals surface area contributed by atoms with E-state index in [1.165, 1.54) is 5.56 Å². The molecule has 2 N–H and O–H groups in total. The highest BCUT2D eigenvalue weighted by atomic mass is 16.2. The summed E-state index contributed by atoms with van der Waals surface area (Å²) in [6.07, 6.45) is 4.18. The summed E-state index contributed by atoms with van der Waals surface area (Å²) < 4.78 is 0. The van der Waals surface area contributed by atoms with Crippen LogP contribution in [0.15, 0.2) is 60.7 Å². The molecule has 1 fully saturated rings. The van der Waals surface area contributed by atoms with Gasteiger partial charge in [-0.05, 0) is 72.2 Å². The van der Waals surface area contributed by atoms with Gasteiger partial charge in [0.2, 0.25) is 5.91 Å². The molecule has 1 unspecified atom stereocenters. The van der Waals surface area contributed by atoms with Gasteiger partial charge in [0, 0.05) is 5.69 Å². The summed E-state index contributed by atoms with van der Waals surface area (Å²) in [7, 11) is 0. The summed E-state index contributed by atoms with van der Waals surface area (Å²) in [4.78, 5) is 39.7. The lowest BCUT2D eigenvalue weighted by Gasteiger charge is -2.23. The van der Waals surface area contributed by atoms with Crippen LogP contribution in [0.25, 0.3) is 10.8 Å². The van der Waals surface area contributed by atoms with Crippen molar-refractivity contribution in [1.29, 1.82) is 0 Å². The number of hydrogen-bond acceptors (Lipinski definition) is 3. The molecule has 3 aromatic rings. The fraction of sp³-hybridized carbons (Fsp3) is 0.269. The van der Waals surface area contributed by atoms with Crippen LogP contribution in [0.2, 0.25) is 0 Å². The fourth-order valence-electron chi connectivity index (χ4n) is 4.77. The minimum Gasteiger partial charge on any atom is -0.324 e. The first-order chi connectivity index (χ1) is 15.5. The van der Waals surface area contributed by atoms with Gasteiger partial charge in [-0.15, -0.1) is 0 Å². The lowest BCUT2D eigenvalue weighted by atomic mass is 9.90. The molecule has 0 aromatic heterocycles. The SMILES string of the molecule is CC1(c2ccc3ccccc3c2)NC(=O)N(CC(=O)Nc2cccc3c2CCCC3)C1=O. The van der Waals surface area contributed by atoms with Crippen LogP contribution >= 0.6 is 0 Å². The van der Waals surface area contributed by atoms with Crippen molar-refractivity contribution in [2.75, 3.05) is 11.9 Å². The topological polar surface area (TPSA) is 78.5 Å². The average molecular weight is 428 g/mol. The highest BCUT2D eigenvalue weighted by Gasteiger charge is 2.49. The van der Waals surface area contributed by atoms with Crippen LogP contribution in [0, 0.1) is 0 Å². The van der Waals surface area contributed by atoms with E-state index in [4.69, 9.17) is 0 Å². The van der Waals surface area contributed by atoms with Gasteiger partial charge in [-0.3, -0.25) is 14.5 Å². The molecular weight excluding hydrogens is 402 g/mol. The largest absolute Gasteiger partial charge is 0.325 e. The maximum Gasteiger partial charge on any atom is 0.325 e. The maximum absolute atomic E-state index is 13.3. The van der Waals surface area contributed by atoms with E-state index in [0.717, 1.165) is 52.6 Å². The summed E-state index contributed by atoms with van der Waals surface area (Å²) in [5.41, 5.74) is 2.66. The van der Waals surface area contributed by atoms with E-state index in [2.05, 4.69) is 16.7 Å². The maximum atomic E-state index is 13.3. The molecular formula is C26H25N3O3. The van der Waals surface area contributed by atoms with Crippen LogP contribution < -0.4 is 10.6 Å². The molecule has 0 saturated carbocycles. The number of carbonyl (C=O) groups is 3. The van der Waals surface area contributed by atoms with Crippen molar-refractivity contribution in [1.82, 2.24) is 10.2 Å². The Hall–Kier alpha value is -3.67. The van der Waals surface area contributed by atoms with Gasteiger partial charge < -0.3 is 10.6 Å². The number of benzene rings is 3. The number of nitrogens with zero attached hydrogens (tertiary/aromatic N) is 1. The van der Waals surface area contributed by atoms with Crippen LogP contribution in [-0.2, 0) is 28.0 Å². The third kappa shape index (κ3) is 3.42. The van der Waals surface area contributed by atoms with Crippen molar-refractivity contribution in [2.45, 2.75) is 38.1 Å². The van der Waals surface area contributed by atoms with Gasteiger partial charge >= 0.3 is 6.03 Å². The Kier molecular flexibility index (Phi) is 4.93. The number of urea groups is 1. The smallest absolute Gasteiger partial charge is 0.324 e. The molecule has 1 aliphatic heterocycles. The minimum atomic E-state index is -1.21. The Morgan fingerprint density at radius 2 is 1.78 bits per heavy atom. The summed E-state index contributed by atoms with van der Waals surface area (Å²) in [5.74, 6) is -0.807. The Labute approximate surface area is 186 Å². The molecule has 3 aromatic carbocycles. The zero-order chi connectivity index (χ0) is 22.3. The molecule has 5 rings (SSSR count). The van der Waals surface area contributed by atoms with Gasteiger partial charge in [-0.25, -0.2) is 4.79 Å². The molecule has 0 radical (unpaired) electrons. The Bertz CT molecular complexity index is 1250. The molecule has 32 heavy (non-hydrogen) atoms. The molecule has 6 nitrogen and oxygen atoms in total. The lowest BCUT2D eigenvalue weighted by molar-refractivity contribution is -0.133. The highest BCUT2D eigenvalue weighted by Crippen LogP contribution is 2.31. The number of aryl methyl sites for hydroxylation is 1. The van der Waals surface area contributed by atoms with Crippen LogP contribution in [0.3, 0.4) is 0 Å². The number of imide groups is 1. The second-order valence-corrected chi connectivity index (χ2v) is 8.71. The zero-order valence-corrected chi connectivity index (χ0v) is 18.0. The zero-order valence-electron chi connectivity index (χ0n) is 18.0. The van der Waals surface area contributed by atoms with E-state index in [1.54, 1.807) is 6.92 Å². The summed E-state index contributed by atoms with van der Waals surface area (Å²) in [6.45, 7) is 1.36. The molecule has 1 atom stereocenters. The van der Waals surface area contributed by atoms with Gasteiger partial charge in [0.05, 0.1) is 0 Å². The minimum absolute atomic E-state index is 0.322. The third-order valence-electron chi connectivity index (χ3n) is 6.57. The monoisotopic (exact) mass is 427 g/mol. The third-order valence-corrected chi connectivity index (χ3v) is 6.57. The van der Waals surface area contributed by atoms with Crippen LogP contribution in [0.5, 0.6) is 0 Å². The number of rotatable bonds is 4. The Morgan fingerprint density at radius 1 is 1.00 bits per heavy atom. The van der Waals surface area contributed by atoms with Crippen molar-refractivity contribution >= 4 is 34.3 Å². The molecule has 0 spiro atoms.